The number of aryl methyl sites for hydroxylation is 3. The van der Waals surface area contributed by atoms with Gasteiger partial charge in [-0.1, -0.05) is 29.8 Å². The van der Waals surface area contributed by atoms with Gasteiger partial charge in [0.25, 0.3) is 5.91 Å². The number of nitrogens with one attached hydrogen (secondary N) is 1. The van der Waals surface area contributed by atoms with Crippen LogP contribution in [-0.4, -0.2) is 27.3 Å². The molecule has 1 fully saturated rings. The smallest absolute Gasteiger partial charge is 0.290 e. The number of nitrogens with zero attached hydrogens (tertiary/aromatic N) is 2. The molecule has 1 unspecified atom stereocenters. The van der Waals surface area contributed by atoms with E-state index in [9.17, 15) is 4.79 Å². The highest BCUT2D eigenvalue weighted by molar-refractivity contribution is 5.91. The Labute approximate surface area is 125 Å². The van der Waals surface area contributed by atoms with Gasteiger partial charge < -0.3 is 9.88 Å². The summed E-state index contributed by atoms with van der Waals surface area (Å²) in [7, 11) is 0. The Morgan fingerprint density at radius 2 is 2.14 bits per heavy atom. The topological polar surface area (TPSA) is 49.0 Å². The summed E-state index contributed by atoms with van der Waals surface area (Å²) >= 11 is 0. The van der Waals surface area contributed by atoms with Crippen LogP contribution in [0, 0.1) is 20.8 Å². The second kappa shape index (κ2) is 5.35. The van der Waals surface area contributed by atoms with Gasteiger partial charge in [-0.2, -0.15) is 0 Å². The van der Waals surface area contributed by atoms with Crippen LogP contribution in [0.15, 0.2) is 24.3 Å². The number of hydrogen-bond donors (Lipinski definition) is 1. The number of carbonyl (C=O) groups excluding carboxylic acids is 1. The fourth-order valence-corrected chi connectivity index (χ4v) is 3.02. The lowest BCUT2D eigenvalue weighted by Crippen LogP contribution is -2.31. The van der Waals surface area contributed by atoms with Gasteiger partial charge in [-0.25, -0.2) is 4.98 Å². The van der Waals surface area contributed by atoms with Crippen molar-refractivity contribution in [2.75, 3.05) is 6.54 Å². The third kappa shape index (κ3) is 2.58. The predicted octanol–water partition coefficient (Wildman–Crippen LogP) is 3.31. The van der Waals surface area contributed by atoms with E-state index in [2.05, 4.69) is 41.2 Å². The molecular weight excluding hydrogens is 262 g/mol. The van der Waals surface area contributed by atoms with Gasteiger partial charge in [0, 0.05) is 12.2 Å². The maximum Gasteiger partial charge on any atom is 0.290 e. The van der Waals surface area contributed by atoms with E-state index in [-0.39, 0.29) is 11.9 Å². The van der Waals surface area contributed by atoms with Crippen LogP contribution in [0.4, 0.5) is 0 Å². The summed E-state index contributed by atoms with van der Waals surface area (Å²) in [6.07, 6.45) is 2.07. The lowest BCUT2D eigenvalue weighted by Gasteiger charge is -2.24. The van der Waals surface area contributed by atoms with E-state index >= 15 is 0 Å². The van der Waals surface area contributed by atoms with E-state index < -0.39 is 0 Å². The van der Waals surface area contributed by atoms with Crippen molar-refractivity contribution in [2.24, 2.45) is 0 Å². The Kier molecular flexibility index (Phi) is 3.53. The van der Waals surface area contributed by atoms with Crippen LogP contribution in [0.1, 0.15) is 52.0 Å². The Bertz CT molecular complexity index is 655. The monoisotopic (exact) mass is 283 g/mol. The van der Waals surface area contributed by atoms with Crippen molar-refractivity contribution in [2.45, 2.75) is 39.7 Å². The zero-order valence-corrected chi connectivity index (χ0v) is 12.8. The van der Waals surface area contributed by atoms with E-state index in [1.54, 1.807) is 0 Å². The Balaban J connectivity index is 1.88. The molecule has 0 aliphatic carbocycles. The van der Waals surface area contributed by atoms with E-state index in [0.717, 1.165) is 30.8 Å². The summed E-state index contributed by atoms with van der Waals surface area (Å²) < 4.78 is 0. The number of hydrogen-bond acceptors (Lipinski definition) is 2. The van der Waals surface area contributed by atoms with Gasteiger partial charge >= 0.3 is 0 Å². The van der Waals surface area contributed by atoms with E-state index in [0.29, 0.717) is 5.82 Å². The van der Waals surface area contributed by atoms with Gasteiger partial charge in [0.1, 0.15) is 0 Å². The molecule has 4 heteroatoms. The number of carbonyl (C=O) groups is 1. The van der Waals surface area contributed by atoms with Crippen molar-refractivity contribution in [3.63, 3.8) is 0 Å². The number of amides is 1. The van der Waals surface area contributed by atoms with Crippen molar-refractivity contribution in [3.8, 4) is 0 Å². The van der Waals surface area contributed by atoms with Crippen LogP contribution < -0.4 is 0 Å². The predicted molar refractivity (Wildman–Crippen MR) is 82.3 cm³/mol. The average molecular weight is 283 g/mol. The molecule has 0 bridgehead atoms. The Hall–Kier alpha value is -2.10. The largest absolute Gasteiger partial charge is 0.338 e. The zero-order chi connectivity index (χ0) is 15.0. The van der Waals surface area contributed by atoms with Crippen LogP contribution in [-0.2, 0) is 0 Å². The van der Waals surface area contributed by atoms with Gasteiger partial charge in [-0.05, 0) is 39.2 Å². The zero-order valence-electron chi connectivity index (χ0n) is 12.8. The molecule has 1 aromatic carbocycles. The van der Waals surface area contributed by atoms with Crippen LogP contribution >= 0.6 is 0 Å². The fraction of sp³-hybridized carbons (Fsp3) is 0.412. The highest BCUT2D eigenvalue weighted by atomic mass is 16.2. The van der Waals surface area contributed by atoms with Crippen LogP contribution in [0.5, 0.6) is 0 Å². The first kappa shape index (κ1) is 13.9. The molecule has 0 radical (unpaired) electrons. The SMILES string of the molecule is Cc1cccc(C2CCCN2C(=O)c2nc(C)c(C)[nH]2)c1. The van der Waals surface area contributed by atoms with Crippen LogP contribution in [0.25, 0.3) is 0 Å². The normalized spacial score (nSPS) is 18.2. The second-order valence-corrected chi connectivity index (χ2v) is 5.87. The number of H-pyrrole nitrogens is 1. The molecule has 1 atom stereocenters. The lowest BCUT2D eigenvalue weighted by atomic mass is 10.0. The van der Waals surface area contributed by atoms with Crippen molar-refractivity contribution in [1.82, 2.24) is 14.9 Å². The maximum atomic E-state index is 12.7. The second-order valence-electron chi connectivity index (χ2n) is 5.87. The first-order chi connectivity index (χ1) is 10.1. The molecule has 4 nitrogen and oxygen atoms in total. The van der Waals surface area contributed by atoms with Gasteiger partial charge in [-0.15, -0.1) is 0 Å². The summed E-state index contributed by atoms with van der Waals surface area (Å²) in [6, 6.07) is 8.61. The molecule has 1 N–H and O–H groups in total. The number of aromatic amines is 1. The molecule has 1 amide bonds. The minimum atomic E-state index is 0.00945. The highest BCUT2D eigenvalue weighted by Crippen LogP contribution is 2.33. The summed E-state index contributed by atoms with van der Waals surface area (Å²) in [5.74, 6) is 0.472. The van der Waals surface area contributed by atoms with Crippen molar-refractivity contribution in [1.29, 1.82) is 0 Å². The summed E-state index contributed by atoms with van der Waals surface area (Å²) in [5, 5.41) is 0. The number of aromatic nitrogens is 2. The minimum absolute atomic E-state index is 0.00945. The first-order valence-electron chi connectivity index (χ1n) is 7.47. The van der Waals surface area contributed by atoms with Gasteiger partial charge in [0.05, 0.1) is 11.7 Å². The molecule has 2 aromatic rings. The molecule has 0 spiro atoms. The Morgan fingerprint density at radius 1 is 1.33 bits per heavy atom. The number of rotatable bonds is 2. The number of benzene rings is 1. The molecule has 0 saturated carbocycles. The summed E-state index contributed by atoms with van der Waals surface area (Å²) in [4.78, 5) is 22.1. The lowest BCUT2D eigenvalue weighted by molar-refractivity contribution is 0.0724. The molecule has 1 aromatic heterocycles. The average Bonchev–Trinajstić information content (AvgIpc) is 3.06. The first-order valence-corrected chi connectivity index (χ1v) is 7.47. The number of imidazole rings is 1. The quantitative estimate of drug-likeness (QED) is 0.919. The van der Waals surface area contributed by atoms with Crippen molar-refractivity contribution in [3.05, 3.63) is 52.6 Å². The fourth-order valence-electron chi connectivity index (χ4n) is 3.02. The minimum Gasteiger partial charge on any atom is -0.338 e. The summed E-state index contributed by atoms with van der Waals surface area (Å²) in [6.45, 7) is 6.76. The van der Waals surface area contributed by atoms with E-state index in [1.165, 1.54) is 11.1 Å². The van der Waals surface area contributed by atoms with E-state index in [1.807, 2.05) is 18.7 Å². The van der Waals surface area contributed by atoms with Gasteiger partial charge in [0.2, 0.25) is 0 Å². The third-order valence-electron chi connectivity index (χ3n) is 4.27. The Morgan fingerprint density at radius 3 is 2.81 bits per heavy atom. The van der Waals surface area contributed by atoms with Crippen molar-refractivity contribution < 1.29 is 4.79 Å². The molecule has 3 rings (SSSR count). The van der Waals surface area contributed by atoms with E-state index in [4.69, 9.17) is 0 Å². The molecule has 110 valence electrons. The van der Waals surface area contributed by atoms with Gasteiger partial charge in [-0.3, -0.25) is 4.79 Å². The third-order valence-corrected chi connectivity index (χ3v) is 4.27. The van der Waals surface area contributed by atoms with Crippen LogP contribution in [0.2, 0.25) is 0 Å². The number of likely N-dealkylation sites (tertiary alicyclic amines) is 1. The molecule has 2 heterocycles. The summed E-state index contributed by atoms with van der Waals surface area (Å²) in [5.41, 5.74) is 4.31. The van der Waals surface area contributed by atoms with Gasteiger partial charge in [0.15, 0.2) is 5.82 Å². The molecule has 21 heavy (non-hydrogen) atoms. The highest BCUT2D eigenvalue weighted by Gasteiger charge is 2.32. The van der Waals surface area contributed by atoms with Crippen LogP contribution in [0.3, 0.4) is 0 Å². The molecule has 1 saturated heterocycles. The molecule has 1 aliphatic rings. The standard InChI is InChI=1S/C17H21N3O/c1-11-6-4-7-14(10-11)15-8-5-9-20(15)17(21)16-18-12(2)13(3)19-16/h4,6-7,10,15H,5,8-9H2,1-3H3,(H,18,19). The maximum absolute atomic E-state index is 12.7. The van der Waals surface area contributed by atoms with Crippen molar-refractivity contribution >= 4 is 5.91 Å². The molecular formula is C17H21N3O. The molecule has 1 aliphatic heterocycles.